The van der Waals surface area contributed by atoms with Crippen molar-refractivity contribution in [2.45, 2.75) is 44.4 Å². The number of rotatable bonds is 4. The molecule has 0 aliphatic carbocycles. The van der Waals surface area contributed by atoms with E-state index in [4.69, 9.17) is 5.26 Å². The molecular weight excluding hydrogens is 208 g/mol. The quantitative estimate of drug-likeness (QED) is 0.697. The summed E-state index contributed by atoms with van der Waals surface area (Å²) in [7, 11) is 1.33. The number of methoxy groups -OCH3 is 1. The van der Waals surface area contributed by atoms with Gasteiger partial charge in [-0.3, -0.25) is 9.69 Å². The molecule has 0 bridgehead atoms. The van der Waals surface area contributed by atoms with Crippen LogP contribution < -0.4 is 0 Å². The highest BCUT2D eigenvalue weighted by molar-refractivity contribution is 5.76. The zero-order chi connectivity index (χ0) is 12.1. The molecule has 16 heavy (non-hydrogen) atoms. The molecule has 1 N–H and O–H groups in total. The van der Waals surface area contributed by atoms with Crippen LogP contribution in [0.5, 0.6) is 0 Å². The Balaban J connectivity index is 2.75. The van der Waals surface area contributed by atoms with Gasteiger partial charge in [0.2, 0.25) is 0 Å². The molecule has 3 atom stereocenters. The fourth-order valence-corrected chi connectivity index (χ4v) is 2.13. The molecule has 0 aromatic rings. The van der Waals surface area contributed by atoms with Gasteiger partial charge in [-0.25, -0.2) is 0 Å². The third-order valence-corrected chi connectivity index (χ3v) is 2.90. The summed E-state index contributed by atoms with van der Waals surface area (Å²) >= 11 is 0. The first-order chi connectivity index (χ1) is 7.63. The second-order valence-corrected chi connectivity index (χ2v) is 4.06. The number of ether oxygens (including phenoxy) is 1. The van der Waals surface area contributed by atoms with Gasteiger partial charge in [-0.05, 0) is 6.42 Å². The normalized spacial score (nSPS) is 27.4. The number of hydrogen-bond donors (Lipinski definition) is 1. The minimum Gasteiger partial charge on any atom is -0.468 e. The summed E-state index contributed by atoms with van der Waals surface area (Å²) in [6.45, 7) is 2.36. The highest BCUT2D eigenvalue weighted by Crippen LogP contribution is 2.23. The molecule has 0 radical (unpaired) electrons. The van der Waals surface area contributed by atoms with Crippen molar-refractivity contribution in [2.75, 3.05) is 13.7 Å². The van der Waals surface area contributed by atoms with Crippen LogP contribution in [0.4, 0.5) is 0 Å². The number of esters is 1. The van der Waals surface area contributed by atoms with Crippen LogP contribution in [-0.2, 0) is 9.53 Å². The Morgan fingerprint density at radius 2 is 2.44 bits per heavy atom. The number of nitrogens with zero attached hydrogens (tertiary/aromatic N) is 2. The maximum atomic E-state index is 11.5. The van der Waals surface area contributed by atoms with Crippen LogP contribution in [0.1, 0.15) is 26.2 Å². The van der Waals surface area contributed by atoms with Crippen LogP contribution in [0.25, 0.3) is 0 Å². The third-order valence-electron chi connectivity index (χ3n) is 2.90. The molecule has 0 saturated carbocycles. The van der Waals surface area contributed by atoms with Gasteiger partial charge in [-0.15, -0.1) is 0 Å². The molecule has 0 spiro atoms. The number of carbonyl (C=O) groups is 1. The van der Waals surface area contributed by atoms with E-state index in [0.717, 1.165) is 6.42 Å². The Bertz CT molecular complexity index is 287. The van der Waals surface area contributed by atoms with E-state index >= 15 is 0 Å². The van der Waals surface area contributed by atoms with Crippen molar-refractivity contribution in [2.24, 2.45) is 0 Å². The number of likely N-dealkylation sites (tertiary alicyclic amines) is 1. The van der Waals surface area contributed by atoms with Gasteiger partial charge < -0.3 is 9.84 Å². The second-order valence-electron chi connectivity index (χ2n) is 4.06. The average Bonchev–Trinajstić information content (AvgIpc) is 2.67. The van der Waals surface area contributed by atoms with Gasteiger partial charge in [0.05, 0.1) is 25.3 Å². The number of aliphatic hydroxyl groups is 1. The lowest BCUT2D eigenvalue weighted by Crippen LogP contribution is -2.43. The van der Waals surface area contributed by atoms with Gasteiger partial charge in [0, 0.05) is 13.0 Å². The van der Waals surface area contributed by atoms with E-state index in [1.54, 1.807) is 4.90 Å². The standard InChI is InChI=1S/C11H18N2O3/c1-3-4-8(6-12)13-7-9(14)5-10(13)11(15)16-2/h8-10,14H,3-5,7H2,1-2H3/t8-,9-,10+/m1/s1. The Morgan fingerprint density at radius 1 is 1.75 bits per heavy atom. The zero-order valence-corrected chi connectivity index (χ0v) is 9.72. The van der Waals surface area contributed by atoms with Crippen LogP contribution in [0.3, 0.4) is 0 Å². The van der Waals surface area contributed by atoms with Crippen molar-refractivity contribution in [3.63, 3.8) is 0 Å². The molecule has 1 aliphatic rings. The summed E-state index contributed by atoms with van der Waals surface area (Å²) in [5.74, 6) is -0.368. The second kappa shape index (κ2) is 5.83. The van der Waals surface area contributed by atoms with E-state index in [2.05, 4.69) is 10.8 Å². The number of aliphatic hydroxyl groups excluding tert-OH is 1. The molecule has 1 saturated heterocycles. The van der Waals surface area contributed by atoms with Gasteiger partial charge in [0.1, 0.15) is 6.04 Å². The van der Waals surface area contributed by atoms with Gasteiger partial charge in [0.15, 0.2) is 0 Å². The molecule has 5 nitrogen and oxygen atoms in total. The van der Waals surface area contributed by atoms with Gasteiger partial charge in [-0.1, -0.05) is 13.3 Å². The Morgan fingerprint density at radius 3 is 2.94 bits per heavy atom. The minimum atomic E-state index is -0.545. The van der Waals surface area contributed by atoms with Crippen LogP contribution in [-0.4, -0.2) is 47.8 Å². The van der Waals surface area contributed by atoms with Crippen LogP contribution in [0, 0.1) is 11.3 Å². The van der Waals surface area contributed by atoms with Crippen molar-refractivity contribution in [1.82, 2.24) is 4.90 Å². The summed E-state index contributed by atoms with van der Waals surface area (Å²) in [4.78, 5) is 13.3. The topological polar surface area (TPSA) is 73.6 Å². The monoisotopic (exact) mass is 226 g/mol. The Hall–Kier alpha value is -1.12. The minimum absolute atomic E-state index is 0.314. The molecule has 1 rings (SSSR count). The molecule has 0 aromatic carbocycles. The summed E-state index contributed by atoms with van der Waals surface area (Å²) in [6.07, 6.45) is 1.39. The molecule has 0 amide bonds. The van der Waals surface area contributed by atoms with Crippen molar-refractivity contribution >= 4 is 5.97 Å². The summed E-state index contributed by atoms with van der Waals surface area (Å²) in [5, 5.41) is 18.6. The van der Waals surface area contributed by atoms with Crippen molar-refractivity contribution in [1.29, 1.82) is 5.26 Å². The maximum Gasteiger partial charge on any atom is 0.323 e. The Kier molecular flexibility index (Phi) is 4.71. The number of β-amino-alcohol motifs (C(OH)–C–C–N with tert-alkyl or cyclic N) is 1. The SMILES string of the molecule is CCC[C@H](C#N)N1C[C@H](O)C[C@H]1C(=O)OC. The predicted octanol–water partition coefficient (Wildman–Crippen LogP) is 0.287. The summed E-state index contributed by atoms with van der Waals surface area (Å²) < 4.78 is 4.68. The molecule has 1 fully saturated rings. The molecular formula is C11H18N2O3. The van der Waals surface area contributed by atoms with E-state index in [1.165, 1.54) is 7.11 Å². The fraction of sp³-hybridized carbons (Fsp3) is 0.818. The fourth-order valence-electron chi connectivity index (χ4n) is 2.13. The average molecular weight is 226 g/mol. The van der Waals surface area contributed by atoms with Crippen molar-refractivity contribution in [3.05, 3.63) is 0 Å². The van der Waals surface area contributed by atoms with Gasteiger partial charge in [0.25, 0.3) is 0 Å². The number of carbonyl (C=O) groups excluding carboxylic acids is 1. The first kappa shape index (κ1) is 12.9. The lowest BCUT2D eigenvalue weighted by Gasteiger charge is -2.26. The third kappa shape index (κ3) is 2.71. The van der Waals surface area contributed by atoms with Crippen molar-refractivity contribution in [3.8, 4) is 6.07 Å². The first-order valence-corrected chi connectivity index (χ1v) is 5.55. The zero-order valence-electron chi connectivity index (χ0n) is 9.72. The van der Waals surface area contributed by atoms with Crippen LogP contribution in [0.15, 0.2) is 0 Å². The maximum absolute atomic E-state index is 11.5. The molecule has 0 unspecified atom stereocenters. The molecule has 1 aliphatic heterocycles. The van der Waals surface area contributed by atoms with Gasteiger partial charge in [-0.2, -0.15) is 5.26 Å². The first-order valence-electron chi connectivity index (χ1n) is 5.55. The highest BCUT2D eigenvalue weighted by atomic mass is 16.5. The lowest BCUT2D eigenvalue weighted by molar-refractivity contribution is -0.146. The van der Waals surface area contributed by atoms with Crippen LogP contribution >= 0.6 is 0 Å². The molecule has 5 heteroatoms. The smallest absolute Gasteiger partial charge is 0.323 e. The summed E-state index contributed by atoms with van der Waals surface area (Å²) in [6, 6.07) is 1.39. The van der Waals surface area contributed by atoms with E-state index < -0.39 is 12.1 Å². The number of hydrogen-bond acceptors (Lipinski definition) is 5. The van der Waals surface area contributed by atoms with Crippen LogP contribution in [0.2, 0.25) is 0 Å². The Labute approximate surface area is 95.6 Å². The predicted molar refractivity (Wildman–Crippen MR) is 57.4 cm³/mol. The highest BCUT2D eigenvalue weighted by Gasteiger charge is 2.40. The van der Waals surface area contributed by atoms with Gasteiger partial charge >= 0.3 is 5.97 Å². The molecule has 1 heterocycles. The van der Waals surface area contributed by atoms with E-state index in [1.807, 2.05) is 6.92 Å². The largest absolute Gasteiger partial charge is 0.468 e. The lowest BCUT2D eigenvalue weighted by atomic mass is 10.1. The molecule has 0 aromatic heterocycles. The van der Waals surface area contributed by atoms with E-state index in [0.29, 0.717) is 19.4 Å². The molecule has 90 valence electrons. The van der Waals surface area contributed by atoms with E-state index in [9.17, 15) is 9.90 Å². The van der Waals surface area contributed by atoms with E-state index in [-0.39, 0.29) is 12.0 Å². The van der Waals surface area contributed by atoms with Crippen molar-refractivity contribution < 1.29 is 14.6 Å². The summed E-state index contributed by atoms with van der Waals surface area (Å²) in [5.41, 5.74) is 0. The number of nitriles is 1.